The summed E-state index contributed by atoms with van der Waals surface area (Å²) in [5, 5.41) is 0. The van der Waals surface area contributed by atoms with Gasteiger partial charge in [-0.15, -0.1) is 0 Å². The van der Waals surface area contributed by atoms with Crippen LogP contribution in [-0.2, 0) is 21.2 Å². The highest BCUT2D eigenvalue weighted by Gasteiger charge is 2.41. The fourth-order valence-electron chi connectivity index (χ4n) is 2.86. The van der Waals surface area contributed by atoms with Gasteiger partial charge in [0.2, 0.25) is 5.91 Å². The minimum Gasteiger partial charge on any atom is -0.494 e. The molecule has 0 saturated heterocycles. The average Bonchev–Trinajstić information content (AvgIpc) is 2.96. The Morgan fingerprint density at radius 3 is 2.50 bits per heavy atom. The molecule has 7 heteroatoms. The van der Waals surface area contributed by atoms with Crippen molar-refractivity contribution >= 4 is 21.6 Å². The van der Waals surface area contributed by atoms with Crippen molar-refractivity contribution in [2.75, 3.05) is 10.9 Å². The summed E-state index contributed by atoms with van der Waals surface area (Å²) in [6.07, 6.45) is 0.280. The molecule has 2 aromatic carbocycles. The number of hydrogen-bond acceptors (Lipinski definition) is 4. The van der Waals surface area contributed by atoms with Gasteiger partial charge in [0.25, 0.3) is 10.0 Å². The smallest absolute Gasteiger partial charge is 0.265 e. The summed E-state index contributed by atoms with van der Waals surface area (Å²) in [6.45, 7) is 2.35. The fraction of sp³-hybridized carbons (Fsp3) is 0.235. The van der Waals surface area contributed by atoms with E-state index in [4.69, 9.17) is 10.5 Å². The highest BCUT2D eigenvalue weighted by Crippen LogP contribution is 2.36. The number of sulfonamides is 1. The molecule has 0 aromatic heterocycles. The van der Waals surface area contributed by atoms with Crippen molar-refractivity contribution in [3.63, 3.8) is 0 Å². The van der Waals surface area contributed by atoms with Crippen molar-refractivity contribution in [1.82, 2.24) is 0 Å². The molecule has 0 fully saturated rings. The first kappa shape index (κ1) is 16.3. The number of hydrogen-bond donors (Lipinski definition) is 1. The van der Waals surface area contributed by atoms with E-state index in [2.05, 4.69) is 0 Å². The number of rotatable bonds is 5. The van der Waals surface area contributed by atoms with Crippen molar-refractivity contribution in [3.05, 3.63) is 54.1 Å². The predicted molar refractivity (Wildman–Crippen MR) is 90.4 cm³/mol. The number of nitrogens with two attached hydrogens (primary N) is 1. The monoisotopic (exact) mass is 346 g/mol. The lowest BCUT2D eigenvalue weighted by Crippen LogP contribution is -2.45. The Morgan fingerprint density at radius 1 is 1.21 bits per heavy atom. The first-order valence-electron chi connectivity index (χ1n) is 7.59. The third kappa shape index (κ3) is 2.71. The van der Waals surface area contributed by atoms with Crippen molar-refractivity contribution in [2.24, 2.45) is 5.73 Å². The lowest BCUT2D eigenvalue weighted by Gasteiger charge is -2.25. The van der Waals surface area contributed by atoms with Crippen LogP contribution in [0.15, 0.2) is 53.4 Å². The van der Waals surface area contributed by atoms with Crippen LogP contribution in [-0.4, -0.2) is 27.0 Å². The van der Waals surface area contributed by atoms with Crippen molar-refractivity contribution < 1.29 is 17.9 Å². The lowest BCUT2D eigenvalue weighted by molar-refractivity contribution is -0.118. The van der Waals surface area contributed by atoms with Crippen LogP contribution in [0.5, 0.6) is 5.75 Å². The van der Waals surface area contributed by atoms with E-state index in [9.17, 15) is 13.2 Å². The Kier molecular flexibility index (Phi) is 4.19. The molecule has 1 aliphatic heterocycles. The van der Waals surface area contributed by atoms with E-state index < -0.39 is 22.0 Å². The van der Waals surface area contributed by atoms with Crippen LogP contribution >= 0.6 is 0 Å². The summed E-state index contributed by atoms with van der Waals surface area (Å²) >= 11 is 0. The number of fused-ring (bicyclic) bond motifs is 1. The summed E-state index contributed by atoms with van der Waals surface area (Å²) < 4.78 is 32.6. The first-order valence-corrected chi connectivity index (χ1v) is 9.03. The molecule has 0 spiro atoms. The molecule has 24 heavy (non-hydrogen) atoms. The second kappa shape index (κ2) is 6.16. The largest absolute Gasteiger partial charge is 0.494 e. The molecule has 0 aliphatic carbocycles. The summed E-state index contributed by atoms with van der Waals surface area (Å²) in [4.78, 5) is 11.9. The molecule has 1 heterocycles. The van der Waals surface area contributed by atoms with Crippen LogP contribution in [0, 0.1) is 0 Å². The van der Waals surface area contributed by atoms with E-state index in [1.54, 1.807) is 30.3 Å². The van der Waals surface area contributed by atoms with Crippen LogP contribution in [0.1, 0.15) is 12.5 Å². The summed E-state index contributed by atoms with van der Waals surface area (Å²) in [6, 6.07) is 12.3. The number of carbonyl (C=O) groups is 1. The lowest BCUT2D eigenvalue weighted by atomic mass is 10.1. The Morgan fingerprint density at radius 2 is 1.88 bits per heavy atom. The van der Waals surface area contributed by atoms with E-state index >= 15 is 0 Å². The number of anilines is 1. The molecule has 0 bridgehead atoms. The zero-order valence-electron chi connectivity index (χ0n) is 13.2. The first-order chi connectivity index (χ1) is 11.4. The van der Waals surface area contributed by atoms with Gasteiger partial charge in [0.1, 0.15) is 11.8 Å². The van der Waals surface area contributed by atoms with Gasteiger partial charge in [0.05, 0.1) is 17.2 Å². The van der Waals surface area contributed by atoms with Gasteiger partial charge in [-0.05, 0) is 42.8 Å². The maximum absolute atomic E-state index is 13.1. The third-order valence-electron chi connectivity index (χ3n) is 3.95. The van der Waals surface area contributed by atoms with E-state index in [1.165, 1.54) is 12.1 Å². The zero-order chi connectivity index (χ0) is 17.3. The highest BCUT2D eigenvalue weighted by atomic mass is 32.2. The standard InChI is InChI=1S/C17H18N2O4S/c1-2-23-13-7-9-14(10-8-13)24(21,22)19-15-6-4-3-5-12(15)11-16(19)17(18)20/h3-10,16H,2,11H2,1H3,(H2,18,20)/t16-/m0/s1. The second-order valence-corrected chi connectivity index (χ2v) is 7.27. The molecule has 0 saturated carbocycles. The van der Waals surface area contributed by atoms with Gasteiger partial charge in [-0.25, -0.2) is 8.42 Å². The minimum atomic E-state index is -3.90. The van der Waals surface area contributed by atoms with Gasteiger partial charge in [-0.1, -0.05) is 18.2 Å². The average molecular weight is 346 g/mol. The highest BCUT2D eigenvalue weighted by molar-refractivity contribution is 7.93. The zero-order valence-corrected chi connectivity index (χ0v) is 14.0. The van der Waals surface area contributed by atoms with Gasteiger partial charge >= 0.3 is 0 Å². The predicted octanol–water partition coefficient (Wildman–Crippen LogP) is 1.69. The number of ether oxygens (including phenoxy) is 1. The molecule has 0 radical (unpaired) electrons. The molecule has 1 amide bonds. The number of carbonyl (C=O) groups excluding carboxylic acids is 1. The molecule has 2 N–H and O–H groups in total. The van der Waals surface area contributed by atoms with Crippen LogP contribution < -0.4 is 14.8 Å². The Bertz CT molecular complexity index is 862. The van der Waals surface area contributed by atoms with E-state index in [0.29, 0.717) is 18.0 Å². The second-order valence-electron chi connectivity index (χ2n) is 5.46. The van der Waals surface area contributed by atoms with Gasteiger partial charge in [-0.2, -0.15) is 0 Å². The Labute approximate surface area is 140 Å². The minimum absolute atomic E-state index is 0.0916. The van der Waals surface area contributed by atoms with Crippen molar-refractivity contribution in [3.8, 4) is 5.75 Å². The molecule has 126 valence electrons. The number of primary amides is 1. The van der Waals surface area contributed by atoms with Crippen molar-refractivity contribution in [1.29, 1.82) is 0 Å². The van der Waals surface area contributed by atoms with Crippen LogP contribution in [0.4, 0.5) is 5.69 Å². The molecule has 2 aromatic rings. The summed E-state index contributed by atoms with van der Waals surface area (Å²) in [5.74, 6) is -0.0783. The maximum atomic E-state index is 13.1. The number of amides is 1. The van der Waals surface area contributed by atoms with Gasteiger partial charge in [-0.3, -0.25) is 9.10 Å². The summed E-state index contributed by atoms with van der Waals surface area (Å²) in [7, 11) is -3.90. The van der Waals surface area contributed by atoms with E-state index in [1.807, 2.05) is 13.0 Å². The van der Waals surface area contributed by atoms with Gasteiger partial charge in [0, 0.05) is 6.42 Å². The maximum Gasteiger partial charge on any atom is 0.265 e. The molecule has 1 atom stereocenters. The normalized spacial score (nSPS) is 16.7. The van der Waals surface area contributed by atoms with E-state index in [0.717, 1.165) is 9.87 Å². The molecular formula is C17H18N2O4S. The van der Waals surface area contributed by atoms with Crippen LogP contribution in [0.25, 0.3) is 0 Å². The van der Waals surface area contributed by atoms with Crippen LogP contribution in [0.2, 0.25) is 0 Å². The quantitative estimate of drug-likeness (QED) is 0.892. The number of nitrogens with zero attached hydrogens (tertiary/aromatic N) is 1. The van der Waals surface area contributed by atoms with Gasteiger partial charge < -0.3 is 10.5 Å². The summed E-state index contributed by atoms with van der Waals surface area (Å²) in [5.41, 5.74) is 6.72. The topological polar surface area (TPSA) is 89.7 Å². The molecular weight excluding hydrogens is 328 g/mol. The molecule has 3 rings (SSSR count). The van der Waals surface area contributed by atoms with Gasteiger partial charge in [0.15, 0.2) is 0 Å². The van der Waals surface area contributed by atoms with Crippen LogP contribution in [0.3, 0.4) is 0 Å². The molecule has 1 aliphatic rings. The number of benzene rings is 2. The van der Waals surface area contributed by atoms with Crippen molar-refractivity contribution in [2.45, 2.75) is 24.3 Å². The third-order valence-corrected chi connectivity index (χ3v) is 5.78. The molecule has 0 unspecified atom stereocenters. The Balaban J connectivity index is 2.05. The Hall–Kier alpha value is -2.54. The fourth-order valence-corrected chi connectivity index (χ4v) is 4.52. The number of para-hydroxylation sites is 1. The SMILES string of the molecule is CCOc1ccc(S(=O)(=O)N2c3ccccc3C[C@H]2C(N)=O)cc1. The van der Waals surface area contributed by atoms with E-state index in [-0.39, 0.29) is 11.3 Å². The molecule has 6 nitrogen and oxygen atoms in total.